The van der Waals surface area contributed by atoms with E-state index in [-0.39, 0.29) is 5.41 Å². The summed E-state index contributed by atoms with van der Waals surface area (Å²) in [7, 11) is 0. The Morgan fingerprint density at radius 1 is 1.22 bits per heavy atom. The van der Waals surface area contributed by atoms with Crippen molar-refractivity contribution in [2.75, 3.05) is 0 Å². The lowest BCUT2D eigenvalue weighted by atomic mass is 9.45. The molecule has 0 aromatic carbocycles. The van der Waals surface area contributed by atoms with Crippen LogP contribution in [0.3, 0.4) is 0 Å². The molecule has 132 valence electrons. The monoisotopic (exact) mass is 322 g/mol. The van der Waals surface area contributed by atoms with Crippen molar-refractivity contribution in [3.63, 3.8) is 0 Å². The Morgan fingerprint density at radius 3 is 2.57 bits per heavy atom. The Morgan fingerprint density at radius 2 is 1.91 bits per heavy atom. The maximum Gasteiger partial charge on any atom is 0.297 e. The van der Waals surface area contributed by atoms with Crippen molar-refractivity contribution >= 4 is 6.47 Å². The van der Waals surface area contributed by atoms with Crippen LogP contribution < -0.4 is 0 Å². The maximum absolute atomic E-state index is 11.1. The van der Waals surface area contributed by atoms with Gasteiger partial charge in [0.15, 0.2) is 0 Å². The molecule has 0 heterocycles. The molecule has 0 amide bonds. The third kappa shape index (κ3) is 3.65. The first-order valence-electron chi connectivity index (χ1n) is 9.10. The van der Waals surface area contributed by atoms with Crippen LogP contribution in [-0.2, 0) is 9.53 Å². The van der Waals surface area contributed by atoms with Crippen LogP contribution in [0.4, 0.5) is 0 Å². The second-order valence-electron chi connectivity index (χ2n) is 9.08. The van der Waals surface area contributed by atoms with Crippen molar-refractivity contribution in [2.45, 2.75) is 85.2 Å². The van der Waals surface area contributed by atoms with Crippen LogP contribution >= 0.6 is 0 Å². The SMILES string of the molecule is CC(=COC=O)CCC1C(C)(O)CCC2C(C)(C)CCCC21C. The van der Waals surface area contributed by atoms with Crippen molar-refractivity contribution in [1.82, 2.24) is 0 Å². The summed E-state index contributed by atoms with van der Waals surface area (Å²) in [5.41, 5.74) is 1.04. The minimum atomic E-state index is -0.593. The highest BCUT2D eigenvalue weighted by Gasteiger charge is 2.57. The number of allylic oxidation sites excluding steroid dienone is 1. The molecule has 2 aliphatic rings. The van der Waals surface area contributed by atoms with Gasteiger partial charge in [0.1, 0.15) is 0 Å². The Hall–Kier alpha value is -0.830. The average Bonchev–Trinajstić information content (AvgIpc) is 2.42. The van der Waals surface area contributed by atoms with Gasteiger partial charge in [-0.1, -0.05) is 27.2 Å². The van der Waals surface area contributed by atoms with Crippen LogP contribution in [-0.4, -0.2) is 17.2 Å². The first-order chi connectivity index (χ1) is 10.6. The van der Waals surface area contributed by atoms with Crippen LogP contribution in [0.1, 0.15) is 79.6 Å². The van der Waals surface area contributed by atoms with E-state index < -0.39 is 5.60 Å². The maximum atomic E-state index is 11.1. The highest BCUT2D eigenvalue weighted by molar-refractivity contribution is 5.38. The number of carbonyl (C=O) groups is 1. The van der Waals surface area contributed by atoms with Crippen molar-refractivity contribution in [3.8, 4) is 0 Å². The number of hydrogen-bond donors (Lipinski definition) is 1. The van der Waals surface area contributed by atoms with Crippen LogP contribution in [0.25, 0.3) is 0 Å². The van der Waals surface area contributed by atoms with E-state index in [1.807, 2.05) is 13.8 Å². The van der Waals surface area contributed by atoms with Crippen LogP contribution in [0.15, 0.2) is 11.8 Å². The number of ether oxygens (including phenoxy) is 1. The molecular formula is C20H34O3. The summed E-state index contributed by atoms with van der Waals surface area (Å²) in [6.45, 7) is 11.7. The molecule has 4 unspecified atom stereocenters. The van der Waals surface area contributed by atoms with E-state index in [0.717, 1.165) is 31.3 Å². The van der Waals surface area contributed by atoms with Gasteiger partial charge in [-0.25, -0.2) is 0 Å². The lowest BCUT2D eigenvalue weighted by molar-refractivity contribution is -0.169. The largest absolute Gasteiger partial charge is 0.437 e. The topological polar surface area (TPSA) is 46.5 Å². The lowest BCUT2D eigenvalue weighted by Gasteiger charge is -2.61. The molecule has 0 bridgehead atoms. The van der Waals surface area contributed by atoms with Gasteiger partial charge in [0.2, 0.25) is 0 Å². The van der Waals surface area contributed by atoms with Gasteiger partial charge < -0.3 is 9.84 Å². The molecule has 0 radical (unpaired) electrons. The van der Waals surface area contributed by atoms with Gasteiger partial charge in [-0.3, -0.25) is 4.79 Å². The third-order valence-corrected chi connectivity index (χ3v) is 6.91. The zero-order chi connectivity index (χ0) is 17.3. The summed E-state index contributed by atoms with van der Waals surface area (Å²) in [5.74, 6) is 0.984. The van der Waals surface area contributed by atoms with E-state index in [2.05, 4.69) is 20.8 Å². The van der Waals surface area contributed by atoms with Gasteiger partial charge in [-0.15, -0.1) is 0 Å². The predicted molar refractivity (Wildman–Crippen MR) is 92.7 cm³/mol. The van der Waals surface area contributed by atoms with E-state index >= 15 is 0 Å². The van der Waals surface area contributed by atoms with Crippen molar-refractivity contribution in [1.29, 1.82) is 0 Å². The van der Waals surface area contributed by atoms with Crippen LogP contribution in [0.5, 0.6) is 0 Å². The minimum absolute atomic E-state index is 0.204. The molecular weight excluding hydrogens is 288 g/mol. The Balaban J connectivity index is 2.20. The molecule has 2 saturated carbocycles. The molecule has 0 spiro atoms. The zero-order valence-electron chi connectivity index (χ0n) is 15.5. The van der Waals surface area contributed by atoms with Gasteiger partial charge in [0.05, 0.1) is 11.9 Å². The van der Waals surface area contributed by atoms with Gasteiger partial charge in [0.25, 0.3) is 6.47 Å². The van der Waals surface area contributed by atoms with Gasteiger partial charge in [-0.05, 0) is 80.6 Å². The van der Waals surface area contributed by atoms with Gasteiger partial charge in [-0.2, -0.15) is 0 Å². The molecule has 0 aromatic heterocycles. The van der Waals surface area contributed by atoms with Crippen LogP contribution in [0.2, 0.25) is 0 Å². The smallest absolute Gasteiger partial charge is 0.297 e. The first-order valence-corrected chi connectivity index (χ1v) is 9.10. The zero-order valence-corrected chi connectivity index (χ0v) is 15.5. The predicted octanol–water partition coefficient (Wildman–Crippen LogP) is 4.84. The van der Waals surface area contributed by atoms with Crippen molar-refractivity contribution < 1.29 is 14.6 Å². The molecule has 0 saturated heterocycles. The second kappa shape index (κ2) is 6.58. The second-order valence-corrected chi connectivity index (χ2v) is 9.08. The Kier molecular flexibility index (Phi) is 5.30. The molecule has 1 N–H and O–H groups in total. The summed E-state index contributed by atoms with van der Waals surface area (Å²) < 4.78 is 4.75. The van der Waals surface area contributed by atoms with E-state index in [1.165, 1.54) is 25.5 Å². The average molecular weight is 322 g/mol. The highest BCUT2D eigenvalue weighted by atomic mass is 16.5. The van der Waals surface area contributed by atoms with E-state index in [9.17, 15) is 9.90 Å². The van der Waals surface area contributed by atoms with E-state index in [0.29, 0.717) is 23.7 Å². The fourth-order valence-corrected chi connectivity index (χ4v) is 5.84. The molecule has 2 fully saturated rings. The molecule has 3 heteroatoms. The number of rotatable bonds is 5. The molecule has 3 nitrogen and oxygen atoms in total. The Bertz CT molecular complexity index is 464. The number of fused-ring (bicyclic) bond motifs is 1. The molecule has 2 rings (SSSR count). The normalized spacial score (nSPS) is 40.3. The van der Waals surface area contributed by atoms with E-state index in [4.69, 9.17) is 4.74 Å². The highest BCUT2D eigenvalue weighted by Crippen LogP contribution is 2.62. The number of aliphatic hydroxyl groups is 1. The number of hydrogen-bond acceptors (Lipinski definition) is 3. The van der Waals surface area contributed by atoms with Crippen LogP contribution in [0, 0.1) is 22.7 Å². The minimum Gasteiger partial charge on any atom is -0.437 e. The molecule has 4 atom stereocenters. The van der Waals surface area contributed by atoms with E-state index in [1.54, 1.807) is 0 Å². The van der Waals surface area contributed by atoms with Gasteiger partial charge in [0, 0.05) is 0 Å². The summed E-state index contributed by atoms with van der Waals surface area (Å²) in [6.07, 6.45) is 9.18. The Labute approximate surface area is 141 Å². The molecule has 23 heavy (non-hydrogen) atoms. The van der Waals surface area contributed by atoms with Gasteiger partial charge >= 0.3 is 0 Å². The molecule has 2 aliphatic carbocycles. The quantitative estimate of drug-likeness (QED) is 0.582. The van der Waals surface area contributed by atoms with Crippen molar-refractivity contribution in [2.24, 2.45) is 22.7 Å². The third-order valence-electron chi connectivity index (χ3n) is 6.91. The first kappa shape index (κ1) is 18.5. The summed E-state index contributed by atoms with van der Waals surface area (Å²) >= 11 is 0. The summed E-state index contributed by atoms with van der Waals surface area (Å²) in [5, 5.41) is 11.1. The molecule has 0 aliphatic heterocycles. The number of carbonyl (C=O) groups excluding carboxylic acids is 1. The summed E-state index contributed by atoms with van der Waals surface area (Å²) in [4.78, 5) is 10.3. The lowest BCUT2D eigenvalue weighted by Crippen LogP contribution is -2.57. The fourth-order valence-electron chi connectivity index (χ4n) is 5.84. The summed E-state index contributed by atoms with van der Waals surface area (Å²) in [6, 6.07) is 0. The molecule has 0 aromatic rings. The fraction of sp³-hybridized carbons (Fsp3) is 0.850. The standard InChI is InChI=1S/C20H34O3/c1-15(13-23-14-21)7-8-17-19(4)11-6-10-18(2,3)16(19)9-12-20(17,5)22/h13-14,16-17,22H,6-12H2,1-5H3. The van der Waals surface area contributed by atoms with Crippen molar-refractivity contribution in [3.05, 3.63) is 11.8 Å².